The highest BCUT2D eigenvalue weighted by atomic mass is 16.5. The molecule has 1 heterocycles. The Labute approximate surface area is 97.2 Å². The third kappa shape index (κ3) is 3.49. The highest BCUT2D eigenvalue weighted by molar-refractivity contribution is 5.72. The second-order valence-corrected chi connectivity index (χ2v) is 4.30. The maximum atomic E-state index is 11.6. The van der Waals surface area contributed by atoms with E-state index in [1.54, 1.807) is 0 Å². The number of esters is 1. The lowest BCUT2D eigenvalue weighted by atomic mass is 9.96. The summed E-state index contributed by atoms with van der Waals surface area (Å²) < 4.78 is 5.04. The van der Waals surface area contributed by atoms with Gasteiger partial charge in [-0.2, -0.15) is 5.26 Å². The molecule has 1 rings (SSSR count). The van der Waals surface area contributed by atoms with E-state index in [2.05, 4.69) is 11.0 Å². The molecule has 16 heavy (non-hydrogen) atoms. The summed E-state index contributed by atoms with van der Waals surface area (Å²) in [6.07, 6.45) is 2.45. The van der Waals surface area contributed by atoms with Gasteiger partial charge in [-0.05, 0) is 33.2 Å². The average molecular weight is 224 g/mol. The fraction of sp³-hybridized carbons (Fsp3) is 0.833. The van der Waals surface area contributed by atoms with Gasteiger partial charge in [0.2, 0.25) is 0 Å². The molecule has 0 spiro atoms. The van der Waals surface area contributed by atoms with Crippen LogP contribution in [0.4, 0.5) is 0 Å². The first-order chi connectivity index (χ1) is 7.69. The topological polar surface area (TPSA) is 53.3 Å². The monoisotopic (exact) mass is 224 g/mol. The standard InChI is InChI=1S/C12H20N2O2/c1-3-16-12(15)11-5-4-8-14(9-11)10(2)6-7-13/h10-11H,3-6,8-9H2,1-2H3/t10?,11-/m0/s1. The molecule has 0 saturated carbocycles. The predicted molar refractivity (Wildman–Crippen MR) is 60.6 cm³/mol. The third-order valence-corrected chi connectivity index (χ3v) is 3.08. The fourth-order valence-electron chi connectivity index (χ4n) is 2.12. The molecule has 0 radical (unpaired) electrons. The van der Waals surface area contributed by atoms with Crippen LogP contribution in [0.15, 0.2) is 0 Å². The number of hydrogen-bond acceptors (Lipinski definition) is 4. The van der Waals surface area contributed by atoms with Gasteiger partial charge >= 0.3 is 5.97 Å². The summed E-state index contributed by atoms with van der Waals surface area (Å²) in [6.45, 7) is 6.04. The smallest absolute Gasteiger partial charge is 0.310 e. The van der Waals surface area contributed by atoms with Gasteiger partial charge in [0.05, 0.1) is 25.0 Å². The maximum absolute atomic E-state index is 11.6. The predicted octanol–water partition coefficient (Wildman–Crippen LogP) is 1.56. The van der Waals surface area contributed by atoms with Gasteiger partial charge in [-0.3, -0.25) is 9.69 Å². The molecule has 2 atom stereocenters. The lowest BCUT2D eigenvalue weighted by Gasteiger charge is -2.34. The summed E-state index contributed by atoms with van der Waals surface area (Å²) in [5.74, 6) is -0.0915. The van der Waals surface area contributed by atoms with Crippen LogP contribution in [0.3, 0.4) is 0 Å². The molecule has 0 amide bonds. The number of likely N-dealkylation sites (tertiary alicyclic amines) is 1. The number of carbonyl (C=O) groups is 1. The quantitative estimate of drug-likeness (QED) is 0.680. The second kappa shape index (κ2) is 6.49. The van der Waals surface area contributed by atoms with E-state index in [1.807, 2.05) is 13.8 Å². The molecule has 0 aromatic heterocycles. The Bertz CT molecular complexity index is 273. The van der Waals surface area contributed by atoms with Gasteiger partial charge in [-0.15, -0.1) is 0 Å². The molecule has 0 N–H and O–H groups in total. The minimum absolute atomic E-state index is 0.00478. The molecular formula is C12H20N2O2. The van der Waals surface area contributed by atoms with E-state index in [-0.39, 0.29) is 17.9 Å². The fourth-order valence-corrected chi connectivity index (χ4v) is 2.12. The zero-order valence-electron chi connectivity index (χ0n) is 10.1. The summed E-state index contributed by atoms with van der Waals surface area (Å²) in [4.78, 5) is 13.8. The Kier molecular flexibility index (Phi) is 5.27. The second-order valence-electron chi connectivity index (χ2n) is 4.30. The SMILES string of the molecule is CCOC(=O)[C@H]1CCCN(C(C)CC#N)C1. The van der Waals surface area contributed by atoms with Gasteiger partial charge in [-0.25, -0.2) is 0 Å². The molecule has 0 aliphatic carbocycles. The Morgan fingerprint density at radius 2 is 2.44 bits per heavy atom. The van der Waals surface area contributed by atoms with Gasteiger partial charge in [0.1, 0.15) is 0 Å². The van der Waals surface area contributed by atoms with Crippen molar-refractivity contribution in [3.63, 3.8) is 0 Å². The summed E-state index contributed by atoms with van der Waals surface area (Å²) in [5, 5.41) is 8.66. The van der Waals surface area contributed by atoms with E-state index in [9.17, 15) is 4.79 Å². The number of nitrogens with zero attached hydrogens (tertiary/aromatic N) is 2. The zero-order valence-corrected chi connectivity index (χ0v) is 10.1. The van der Waals surface area contributed by atoms with E-state index < -0.39 is 0 Å². The van der Waals surface area contributed by atoms with E-state index in [0.29, 0.717) is 13.0 Å². The van der Waals surface area contributed by atoms with Crippen molar-refractivity contribution in [1.29, 1.82) is 5.26 Å². The molecule has 0 bridgehead atoms. The number of piperidine rings is 1. The van der Waals surface area contributed by atoms with Crippen LogP contribution in [0.25, 0.3) is 0 Å². The van der Waals surface area contributed by atoms with Crippen molar-refractivity contribution >= 4 is 5.97 Å². The number of hydrogen-bond donors (Lipinski definition) is 0. The van der Waals surface area contributed by atoms with Crippen molar-refractivity contribution in [2.24, 2.45) is 5.92 Å². The van der Waals surface area contributed by atoms with Crippen LogP contribution in [0.2, 0.25) is 0 Å². The van der Waals surface area contributed by atoms with Crippen molar-refractivity contribution in [3.05, 3.63) is 0 Å². The summed E-state index contributed by atoms with van der Waals surface area (Å²) >= 11 is 0. The summed E-state index contributed by atoms with van der Waals surface area (Å²) in [5.41, 5.74) is 0. The third-order valence-electron chi connectivity index (χ3n) is 3.08. The van der Waals surface area contributed by atoms with Gasteiger partial charge in [0, 0.05) is 12.6 Å². The minimum atomic E-state index is -0.0867. The Balaban J connectivity index is 2.47. The maximum Gasteiger partial charge on any atom is 0.310 e. The number of rotatable bonds is 4. The lowest BCUT2D eigenvalue weighted by Crippen LogP contribution is -2.43. The molecule has 90 valence electrons. The number of carbonyl (C=O) groups excluding carboxylic acids is 1. The normalized spacial score (nSPS) is 23.4. The largest absolute Gasteiger partial charge is 0.466 e. The van der Waals surface area contributed by atoms with Gasteiger partial charge in [0.15, 0.2) is 0 Å². The molecule has 4 heteroatoms. The Morgan fingerprint density at radius 1 is 1.69 bits per heavy atom. The molecule has 1 saturated heterocycles. The zero-order chi connectivity index (χ0) is 12.0. The van der Waals surface area contributed by atoms with Gasteiger partial charge < -0.3 is 4.74 Å². The Hall–Kier alpha value is -1.08. The molecule has 1 fully saturated rings. The highest BCUT2D eigenvalue weighted by Crippen LogP contribution is 2.20. The molecular weight excluding hydrogens is 204 g/mol. The van der Waals surface area contributed by atoms with Crippen molar-refractivity contribution in [2.45, 2.75) is 39.2 Å². The van der Waals surface area contributed by atoms with Crippen molar-refractivity contribution in [2.75, 3.05) is 19.7 Å². The van der Waals surface area contributed by atoms with E-state index in [4.69, 9.17) is 10.00 Å². The van der Waals surface area contributed by atoms with Gasteiger partial charge in [0.25, 0.3) is 0 Å². The van der Waals surface area contributed by atoms with Crippen LogP contribution in [-0.4, -0.2) is 36.6 Å². The first-order valence-corrected chi connectivity index (χ1v) is 5.96. The van der Waals surface area contributed by atoms with Crippen LogP contribution in [0.1, 0.15) is 33.1 Å². The van der Waals surface area contributed by atoms with Crippen LogP contribution in [0, 0.1) is 17.2 Å². The van der Waals surface area contributed by atoms with Crippen molar-refractivity contribution in [3.8, 4) is 6.07 Å². The minimum Gasteiger partial charge on any atom is -0.466 e. The number of ether oxygens (including phenoxy) is 1. The lowest BCUT2D eigenvalue weighted by molar-refractivity contribution is -0.150. The molecule has 4 nitrogen and oxygen atoms in total. The first-order valence-electron chi connectivity index (χ1n) is 5.96. The van der Waals surface area contributed by atoms with Crippen LogP contribution in [0.5, 0.6) is 0 Å². The highest BCUT2D eigenvalue weighted by Gasteiger charge is 2.28. The van der Waals surface area contributed by atoms with Crippen LogP contribution < -0.4 is 0 Å². The van der Waals surface area contributed by atoms with E-state index in [1.165, 1.54) is 0 Å². The molecule has 1 aliphatic rings. The van der Waals surface area contributed by atoms with E-state index >= 15 is 0 Å². The summed E-state index contributed by atoms with van der Waals surface area (Å²) in [7, 11) is 0. The van der Waals surface area contributed by atoms with E-state index in [0.717, 1.165) is 25.9 Å². The van der Waals surface area contributed by atoms with Crippen LogP contribution in [-0.2, 0) is 9.53 Å². The molecule has 1 unspecified atom stereocenters. The number of nitriles is 1. The summed E-state index contributed by atoms with van der Waals surface area (Å²) in [6, 6.07) is 2.41. The van der Waals surface area contributed by atoms with Crippen LogP contribution >= 0.6 is 0 Å². The van der Waals surface area contributed by atoms with Gasteiger partial charge in [-0.1, -0.05) is 0 Å². The Morgan fingerprint density at radius 3 is 3.06 bits per heavy atom. The van der Waals surface area contributed by atoms with Crippen molar-refractivity contribution < 1.29 is 9.53 Å². The van der Waals surface area contributed by atoms with Crippen molar-refractivity contribution in [1.82, 2.24) is 4.90 Å². The first kappa shape index (κ1) is 13.0. The molecule has 0 aromatic carbocycles. The molecule has 1 aliphatic heterocycles. The molecule has 0 aromatic rings. The average Bonchev–Trinajstić information content (AvgIpc) is 2.30.